The Morgan fingerprint density at radius 3 is 2.85 bits per heavy atom. The highest BCUT2D eigenvalue weighted by Crippen LogP contribution is 2.28. The number of hydrogen-bond acceptors (Lipinski definition) is 6. The summed E-state index contributed by atoms with van der Waals surface area (Å²) >= 11 is 0. The van der Waals surface area contributed by atoms with Crippen LogP contribution in [0.5, 0.6) is 0 Å². The van der Waals surface area contributed by atoms with Gasteiger partial charge in [-0.1, -0.05) is 0 Å². The topological polar surface area (TPSA) is 91.7 Å². The van der Waals surface area contributed by atoms with Crippen molar-refractivity contribution < 1.29 is 17.6 Å². The lowest BCUT2D eigenvalue weighted by Gasteiger charge is -2.20. The Labute approximate surface area is 160 Å². The standard InChI is InChI=1S/C18H28N4O4S/c1-13-14(2)19-20-18(13)16-5-6-17(26-16)27(23,24)21(3)11-15-7-8-22(12-15)9-10-25-4/h5-6,15H,7-12H2,1-4H3,(H,19,20). The molecule has 1 N–H and O–H groups in total. The third-order valence-corrected chi connectivity index (χ3v) is 6.93. The zero-order valence-electron chi connectivity index (χ0n) is 16.4. The highest BCUT2D eigenvalue weighted by molar-refractivity contribution is 7.89. The largest absolute Gasteiger partial charge is 0.442 e. The maximum atomic E-state index is 12.9. The summed E-state index contributed by atoms with van der Waals surface area (Å²) < 4.78 is 37.9. The van der Waals surface area contributed by atoms with E-state index in [9.17, 15) is 8.42 Å². The summed E-state index contributed by atoms with van der Waals surface area (Å²) in [7, 11) is -0.366. The van der Waals surface area contributed by atoms with Crippen LogP contribution in [0.1, 0.15) is 17.7 Å². The smallest absolute Gasteiger partial charge is 0.276 e. The van der Waals surface area contributed by atoms with Crippen molar-refractivity contribution in [2.75, 3.05) is 46.9 Å². The van der Waals surface area contributed by atoms with E-state index in [1.807, 2.05) is 13.8 Å². The van der Waals surface area contributed by atoms with Gasteiger partial charge in [-0.15, -0.1) is 0 Å². The monoisotopic (exact) mass is 396 g/mol. The molecule has 1 aliphatic rings. The van der Waals surface area contributed by atoms with Gasteiger partial charge < -0.3 is 14.1 Å². The van der Waals surface area contributed by atoms with Crippen molar-refractivity contribution in [1.82, 2.24) is 19.4 Å². The van der Waals surface area contributed by atoms with Gasteiger partial charge in [0.1, 0.15) is 5.69 Å². The summed E-state index contributed by atoms with van der Waals surface area (Å²) in [5.41, 5.74) is 2.52. The summed E-state index contributed by atoms with van der Waals surface area (Å²) in [6.45, 7) is 7.76. The Bertz CT molecular complexity index is 874. The normalized spacial score (nSPS) is 18.6. The molecule has 8 nitrogen and oxygen atoms in total. The number of likely N-dealkylation sites (tertiary alicyclic amines) is 1. The van der Waals surface area contributed by atoms with Gasteiger partial charge in [0.05, 0.1) is 6.61 Å². The van der Waals surface area contributed by atoms with Gasteiger partial charge in [-0.3, -0.25) is 5.10 Å². The predicted molar refractivity (Wildman–Crippen MR) is 102 cm³/mol. The van der Waals surface area contributed by atoms with Crippen LogP contribution in [-0.4, -0.2) is 74.8 Å². The van der Waals surface area contributed by atoms with Gasteiger partial charge >= 0.3 is 0 Å². The summed E-state index contributed by atoms with van der Waals surface area (Å²) in [6.07, 6.45) is 0.985. The molecule has 0 saturated carbocycles. The number of hydrogen-bond donors (Lipinski definition) is 1. The van der Waals surface area contributed by atoms with Gasteiger partial charge in [-0.2, -0.15) is 9.40 Å². The van der Waals surface area contributed by atoms with Crippen molar-refractivity contribution in [2.45, 2.75) is 25.4 Å². The molecule has 1 atom stereocenters. The molecule has 2 aromatic rings. The van der Waals surface area contributed by atoms with E-state index in [0.717, 1.165) is 37.3 Å². The van der Waals surface area contributed by atoms with Gasteiger partial charge in [-0.05, 0) is 44.9 Å². The Morgan fingerprint density at radius 1 is 1.41 bits per heavy atom. The van der Waals surface area contributed by atoms with E-state index in [-0.39, 0.29) is 5.09 Å². The van der Waals surface area contributed by atoms with Crippen LogP contribution < -0.4 is 0 Å². The molecule has 1 aliphatic heterocycles. The first-order valence-corrected chi connectivity index (χ1v) is 10.6. The molecule has 1 saturated heterocycles. The van der Waals surface area contributed by atoms with Crippen LogP contribution in [0.25, 0.3) is 11.5 Å². The number of rotatable bonds is 8. The fourth-order valence-corrected chi connectivity index (χ4v) is 4.56. The quantitative estimate of drug-likeness (QED) is 0.732. The SMILES string of the molecule is COCCN1CCC(CN(C)S(=O)(=O)c2ccc(-c3n[nH]c(C)c3C)o2)C1. The second kappa shape index (κ2) is 8.14. The Hall–Kier alpha value is -1.68. The molecular formula is C18H28N4O4S. The van der Waals surface area contributed by atoms with Crippen molar-refractivity contribution in [2.24, 2.45) is 5.92 Å². The number of aromatic amines is 1. The van der Waals surface area contributed by atoms with Crippen LogP contribution in [-0.2, 0) is 14.8 Å². The van der Waals surface area contributed by atoms with Crippen LogP contribution >= 0.6 is 0 Å². The number of methoxy groups -OCH3 is 1. The average molecular weight is 397 g/mol. The van der Waals surface area contributed by atoms with Crippen LogP contribution in [0, 0.1) is 19.8 Å². The first-order valence-electron chi connectivity index (χ1n) is 9.12. The van der Waals surface area contributed by atoms with E-state index in [1.54, 1.807) is 20.2 Å². The minimum Gasteiger partial charge on any atom is -0.442 e. The van der Waals surface area contributed by atoms with E-state index >= 15 is 0 Å². The molecule has 0 aromatic carbocycles. The van der Waals surface area contributed by atoms with Gasteiger partial charge in [-0.25, -0.2) is 8.42 Å². The minimum absolute atomic E-state index is 0.0470. The van der Waals surface area contributed by atoms with Crippen molar-refractivity contribution in [3.8, 4) is 11.5 Å². The molecule has 0 aliphatic carbocycles. The third-order valence-electron chi connectivity index (χ3n) is 5.23. The molecule has 3 heterocycles. The van der Waals surface area contributed by atoms with E-state index in [2.05, 4.69) is 15.1 Å². The lowest BCUT2D eigenvalue weighted by Crippen LogP contribution is -2.33. The number of nitrogens with one attached hydrogen (secondary N) is 1. The molecule has 9 heteroatoms. The molecule has 1 unspecified atom stereocenters. The van der Waals surface area contributed by atoms with Crippen molar-refractivity contribution >= 4 is 10.0 Å². The summed E-state index contributed by atoms with van der Waals surface area (Å²) in [5, 5.41) is 7.04. The second-order valence-electron chi connectivity index (χ2n) is 7.17. The van der Waals surface area contributed by atoms with Crippen LogP contribution in [0.2, 0.25) is 0 Å². The fourth-order valence-electron chi connectivity index (χ4n) is 3.41. The maximum absolute atomic E-state index is 12.9. The molecule has 2 aromatic heterocycles. The molecular weight excluding hydrogens is 368 g/mol. The van der Waals surface area contributed by atoms with Crippen molar-refractivity contribution in [1.29, 1.82) is 0 Å². The van der Waals surface area contributed by atoms with E-state index < -0.39 is 10.0 Å². The predicted octanol–water partition coefficient (Wildman–Crippen LogP) is 1.88. The number of aryl methyl sites for hydroxylation is 1. The Kier molecular flexibility index (Phi) is 6.05. The maximum Gasteiger partial charge on any atom is 0.276 e. The molecule has 0 amide bonds. The third kappa shape index (κ3) is 4.26. The molecule has 0 radical (unpaired) electrons. The Morgan fingerprint density at radius 2 is 2.19 bits per heavy atom. The highest BCUT2D eigenvalue weighted by atomic mass is 32.2. The van der Waals surface area contributed by atoms with E-state index in [1.165, 1.54) is 10.4 Å². The lowest BCUT2D eigenvalue weighted by molar-refractivity contribution is 0.158. The minimum atomic E-state index is -3.67. The number of nitrogens with zero attached hydrogens (tertiary/aromatic N) is 3. The van der Waals surface area contributed by atoms with E-state index in [0.29, 0.717) is 30.5 Å². The van der Waals surface area contributed by atoms with Crippen LogP contribution in [0.15, 0.2) is 21.6 Å². The van der Waals surface area contributed by atoms with Gasteiger partial charge in [0.15, 0.2) is 5.76 Å². The van der Waals surface area contributed by atoms with Crippen molar-refractivity contribution in [3.05, 3.63) is 23.4 Å². The molecule has 0 spiro atoms. The van der Waals surface area contributed by atoms with Gasteiger partial charge in [0.25, 0.3) is 10.0 Å². The number of ether oxygens (including phenoxy) is 1. The number of furan rings is 1. The number of sulfonamides is 1. The fraction of sp³-hybridized carbons (Fsp3) is 0.611. The molecule has 0 bridgehead atoms. The van der Waals surface area contributed by atoms with Gasteiger partial charge in [0.2, 0.25) is 5.09 Å². The second-order valence-corrected chi connectivity index (χ2v) is 9.15. The van der Waals surface area contributed by atoms with Crippen LogP contribution in [0.4, 0.5) is 0 Å². The van der Waals surface area contributed by atoms with Crippen molar-refractivity contribution in [3.63, 3.8) is 0 Å². The highest BCUT2D eigenvalue weighted by Gasteiger charge is 2.30. The first-order chi connectivity index (χ1) is 12.8. The molecule has 150 valence electrons. The van der Waals surface area contributed by atoms with E-state index in [4.69, 9.17) is 9.15 Å². The number of aromatic nitrogens is 2. The van der Waals surface area contributed by atoms with Gasteiger partial charge in [0, 0.05) is 45.0 Å². The Balaban J connectivity index is 1.67. The number of H-pyrrole nitrogens is 1. The first kappa shape index (κ1) is 20.1. The molecule has 1 fully saturated rings. The van der Waals surface area contributed by atoms with Crippen LogP contribution in [0.3, 0.4) is 0 Å². The zero-order valence-corrected chi connectivity index (χ0v) is 17.2. The average Bonchev–Trinajstić information content (AvgIpc) is 3.35. The molecule has 27 heavy (non-hydrogen) atoms. The summed E-state index contributed by atoms with van der Waals surface area (Å²) in [5.74, 6) is 0.766. The summed E-state index contributed by atoms with van der Waals surface area (Å²) in [6, 6.07) is 3.16. The zero-order chi connectivity index (χ0) is 19.6. The summed E-state index contributed by atoms with van der Waals surface area (Å²) in [4.78, 5) is 2.31. The molecule has 3 rings (SSSR count). The lowest BCUT2D eigenvalue weighted by atomic mass is 10.1.